The van der Waals surface area contributed by atoms with Crippen molar-refractivity contribution in [3.63, 3.8) is 0 Å². The summed E-state index contributed by atoms with van der Waals surface area (Å²) in [7, 11) is 1.30. The van der Waals surface area contributed by atoms with Crippen LogP contribution in [0.2, 0.25) is 0 Å². The fourth-order valence-corrected chi connectivity index (χ4v) is 4.65. The first-order valence-electron chi connectivity index (χ1n) is 11.7. The van der Waals surface area contributed by atoms with Gasteiger partial charge >= 0.3 is 5.97 Å². The number of ether oxygens (including phenoxy) is 3. The number of fused-ring (bicyclic) bond motifs is 1. The van der Waals surface area contributed by atoms with E-state index in [0.717, 1.165) is 25.7 Å². The average molecular weight is 542 g/mol. The molecular formula is C26H28BrN3O5. The molecule has 0 N–H and O–H groups in total. The lowest BCUT2D eigenvalue weighted by Gasteiger charge is -2.22. The molecule has 1 aliphatic rings. The minimum atomic E-state index is -0.493. The summed E-state index contributed by atoms with van der Waals surface area (Å²) in [6, 6.07) is 10.8. The quantitative estimate of drug-likeness (QED) is 0.293. The molecule has 0 spiro atoms. The number of hydrogen-bond donors (Lipinski definition) is 0. The number of halogens is 1. The van der Waals surface area contributed by atoms with Gasteiger partial charge in [-0.05, 0) is 60.0 Å². The number of nitrogens with zero attached hydrogens (tertiary/aromatic N) is 3. The Kier molecular flexibility index (Phi) is 8.17. The van der Waals surface area contributed by atoms with Crippen molar-refractivity contribution in [1.29, 1.82) is 0 Å². The Hall–Kier alpha value is -3.20. The number of carbonyl (C=O) groups excluding carboxylic acids is 1. The fraction of sp³-hybridized carbons (Fsp3) is 0.385. The molecule has 1 aliphatic carbocycles. The van der Waals surface area contributed by atoms with Gasteiger partial charge in [0.2, 0.25) is 0 Å². The Morgan fingerprint density at radius 1 is 1.17 bits per heavy atom. The fourth-order valence-electron chi connectivity index (χ4n) is 4.22. The Morgan fingerprint density at radius 2 is 1.91 bits per heavy atom. The van der Waals surface area contributed by atoms with Gasteiger partial charge in [0.15, 0.2) is 18.1 Å². The maximum atomic E-state index is 13.4. The molecule has 8 nitrogen and oxygen atoms in total. The van der Waals surface area contributed by atoms with Gasteiger partial charge in [-0.25, -0.2) is 9.78 Å². The predicted octanol–water partition coefficient (Wildman–Crippen LogP) is 5.04. The number of hydrogen-bond acceptors (Lipinski definition) is 7. The van der Waals surface area contributed by atoms with E-state index in [0.29, 0.717) is 44.9 Å². The van der Waals surface area contributed by atoms with Crippen molar-refractivity contribution in [2.24, 2.45) is 5.10 Å². The van der Waals surface area contributed by atoms with Gasteiger partial charge in [0.25, 0.3) is 5.56 Å². The molecule has 0 saturated heterocycles. The minimum absolute atomic E-state index is 0.188. The van der Waals surface area contributed by atoms with Crippen LogP contribution in [0.4, 0.5) is 0 Å². The summed E-state index contributed by atoms with van der Waals surface area (Å²) in [5.74, 6) is 1.25. The molecular weight excluding hydrogens is 514 g/mol. The first-order chi connectivity index (χ1) is 17.0. The summed E-state index contributed by atoms with van der Waals surface area (Å²) < 4.78 is 18.0. The highest BCUT2D eigenvalue weighted by Crippen LogP contribution is 2.34. The topological polar surface area (TPSA) is 92.0 Å². The van der Waals surface area contributed by atoms with E-state index in [1.165, 1.54) is 18.2 Å². The highest BCUT2D eigenvalue weighted by atomic mass is 79.9. The molecule has 0 atom stereocenters. The molecule has 9 heteroatoms. The van der Waals surface area contributed by atoms with E-state index in [1.807, 2.05) is 25.1 Å². The van der Waals surface area contributed by atoms with Crippen molar-refractivity contribution in [3.05, 3.63) is 62.6 Å². The van der Waals surface area contributed by atoms with Crippen molar-refractivity contribution in [3.8, 4) is 11.5 Å². The SMILES string of the molecule is CCOc1cc(C=Nn2c(C3CCCCC3)nc3ccccc3c2=O)c(Br)cc1OCC(=O)OC. The summed E-state index contributed by atoms with van der Waals surface area (Å²) in [5.41, 5.74) is 1.19. The van der Waals surface area contributed by atoms with E-state index in [1.54, 1.807) is 24.4 Å². The van der Waals surface area contributed by atoms with Gasteiger partial charge in [-0.1, -0.05) is 31.4 Å². The number of benzene rings is 2. The molecule has 3 aromatic rings. The lowest BCUT2D eigenvalue weighted by Crippen LogP contribution is -2.25. The standard InChI is InChI=1S/C26H28BrN3O5/c1-3-34-22-13-18(20(27)14-23(22)35-16-24(31)33-2)15-28-30-25(17-9-5-4-6-10-17)29-21-12-8-7-11-19(21)26(30)32/h7-8,11-15,17H,3-6,9-10,16H2,1-2H3. The zero-order chi connectivity index (χ0) is 24.8. The van der Waals surface area contributed by atoms with E-state index in [9.17, 15) is 9.59 Å². The molecule has 0 amide bonds. The minimum Gasteiger partial charge on any atom is -0.490 e. The van der Waals surface area contributed by atoms with Crippen molar-refractivity contribution in [2.45, 2.75) is 44.9 Å². The predicted molar refractivity (Wildman–Crippen MR) is 138 cm³/mol. The van der Waals surface area contributed by atoms with E-state index >= 15 is 0 Å². The molecule has 1 fully saturated rings. The van der Waals surface area contributed by atoms with Crippen molar-refractivity contribution >= 4 is 39.0 Å². The Morgan fingerprint density at radius 3 is 2.66 bits per heavy atom. The van der Waals surface area contributed by atoms with E-state index < -0.39 is 5.97 Å². The number of aromatic nitrogens is 2. The third-order valence-corrected chi connectivity index (χ3v) is 6.68. The zero-order valence-corrected chi connectivity index (χ0v) is 21.4. The molecule has 1 heterocycles. The normalized spacial score (nSPS) is 14.4. The maximum Gasteiger partial charge on any atom is 0.343 e. The maximum absolute atomic E-state index is 13.4. The first kappa shape index (κ1) is 24.9. The number of para-hydroxylation sites is 1. The third kappa shape index (κ3) is 5.73. The molecule has 2 aromatic carbocycles. The van der Waals surface area contributed by atoms with Gasteiger partial charge in [0.1, 0.15) is 5.82 Å². The monoisotopic (exact) mass is 541 g/mol. The largest absolute Gasteiger partial charge is 0.490 e. The van der Waals surface area contributed by atoms with Crippen LogP contribution in [0.3, 0.4) is 0 Å². The van der Waals surface area contributed by atoms with Crippen molar-refractivity contribution in [2.75, 3.05) is 20.3 Å². The summed E-state index contributed by atoms with van der Waals surface area (Å²) in [5, 5.41) is 5.13. The lowest BCUT2D eigenvalue weighted by atomic mass is 9.88. The van der Waals surface area contributed by atoms with Crippen LogP contribution in [0.25, 0.3) is 10.9 Å². The van der Waals surface area contributed by atoms with Crippen LogP contribution in [0.15, 0.2) is 50.8 Å². The summed E-state index contributed by atoms with van der Waals surface area (Å²) in [4.78, 5) is 29.8. The molecule has 0 unspecified atom stereocenters. The first-order valence-corrected chi connectivity index (χ1v) is 12.5. The number of methoxy groups -OCH3 is 1. The van der Waals surface area contributed by atoms with Gasteiger partial charge in [-0.2, -0.15) is 9.78 Å². The van der Waals surface area contributed by atoms with Crippen LogP contribution in [-0.2, 0) is 9.53 Å². The molecule has 184 valence electrons. The van der Waals surface area contributed by atoms with Crippen LogP contribution in [0, 0.1) is 0 Å². The molecule has 35 heavy (non-hydrogen) atoms. The average Bonchev–Trinajstić information content (AvgIpc) is 2.89. The smallest absolute Gasteiger partial charge is 0.343 e. The molecule has 1 saturated carbocycles. The Labute approximate surface area is 212 Å². The highest BCUT2D eigenvalue weighted by Gasteiger charge is 2.22. The summed E-state index contributed by atoms with van der Waals surface area (Å²) in [6.07, 6.45) is 7.03. The second-order valence-corrected chi connectivity index (χ2v) is 9.16. The summed E-state index contributed by atoms with van der Waals surface area (Å²) >= 11 is 3.54. The van der Waals surface area contributed by atoms with Crippen LogP contribution < -0.4 is 15.0 Å². The zero-order valence-electron chi connectivity index (χ0n) is 19.8. The molecule has 0 radical (unpaired) electrons. The van der Waals surface area contributed by atoms with Crippen molar-refractivity contribution in [1.82, 2.24) is 9.66 Å². The highest BCUT2D eigenvalue weighted by molar-refractivity contribution is 9.10. The number of rotatable bonds is 8. The molecule has 4 rings (SSSR count). The third-order valence-electron chi connectivity index (χ3n) is 6.00. The molecule has 0 bridgehead atoms. The summed E-state index contributed by atoms with van der Waals surface area (Å²) in [6.45, 7) is 2.03. The lowest BCUT2D eigenvalue weighted by molar-refractivity contribution is -0.142. The van der Waals surface area contributed by atoms with Gasteiger partial charge < -0.3 is 14.2 Å². The van der Waals surface area contributed by atoms with E-state index in [4.69, 9.17) is 14.5 Å². The van der Waals surface area contributed by atoms with Crippen molar-refractivity contribution < 1.29 is 19.0 Å². The van der Waals surface area contributed by atoms with Crippen LogP contribution in [-0.4, -0.2) is 42.2 Å². The van der Waals surface area contributed by atoms with Crippen LogP contribution in [0.5, 0.6) is 11.5 Å². The van der Waals surface area contributed by atoms with Crippen LogP contribution >= 0.6 is 15.9 Å². The second kappa shape index (κ2) is 11.5. The number of carbonyl (C=O) groups is 1. The van der Waals surface area contributed by atoms with E-state index in [2.05, 4.69) is 25.8 Å². The Bertz CT molecular complexity index is 1300. The van der Waals surface area contributed by atoms with Gasteiger partial charge in [-0.15, -0.1) is 0 Å². The molecule has 1 aromatic heterocycles. The van der Waals surface area contributed by atoms with Gasteiger partial charge in [0, 0.05) is 16.0 Å². The van der Waals surface area contributed by atoms with Gasteiger partial charge in [-0.3, -0.25) is 4.79 Å². The molecule has 0 aliphatic heterocycles. The van der Waals surface area contributed by atoms with Crippen LogP contribution in [0.1, 0.15) is 56.3 Å². The number of esters is 1. The van der Waals surface area contributed by atoms with Gasteiger partial charge in [0.05, 0.1) is 30.8 Å². The second-order valence-electron chi connectivity index (χ2n) is 8.30. The Balaban J connectivity index is 1.74. The van der Waals surface area contributed by atoms with E-state index in [-0.39, 0.29) is 18.1 Å².